The molecule has 1 aromatic carbocycles. The van der Waals surface area contributed by atoms with Crippen molar-refractivity contribution in [1.82, 2.24) is 14.5 Å². The lowest BCUT2D eigenvalue weighted by Crippen LogP contribution is -2.18. The summed E-state index contributed by atoms with van der Waals surface area (Å²) in [6.45, 7) is 1.39. The Kier molecular flexibility index (Phi) is 3.87. The van der Waals surface area contributed by atoms with Crippen LogP contribution in [0, 0.1) is 11.3 Å². The maximum absolute atomic E-state index is 8.84. The Balaban J connectivity index is 2.01. The zero-order valence-electron chi connectivity index (χ0n) is 10.00. The number of rotatable bonds is 4. The number of nitrogens with two attached hydrogens (primary N) is 1. The number of hydrogen-bond donors (Lipinski definition) is 1. The lowest BCUT2D eigenvalue weighted by Gasteiger charge is -2.15. The molecule has 0 saturated carbocycles. The predicted molar refractivity (Wildman–Crippen MR) is 70.6 cm³/mol. The van der Waals surface area contributed by atoms with E-state index in [4.69, 9.17) is 11.0 Å². The van der Waals surface area contributed by atoms with Crippen molar-refractivity contribution in [2.45, 2.75) is 13.1 Å². The minimum atomic E-state index is 0.652. The summed E-state index contributed by atoms with van der Waals surface area (Å²) < 4.78 is 3.81. The molecule has 0 fully saturated rings. The molecule has 0 spiro atoms. The van der Waals surface area contributed by atoms with Gasteiger partial charge in [0.05, 0.1) is 11.6 Å². The maximum Gasteiger partial charge on any atom is 0.132 e. The average molecular weight is 259 g/mol. The van der Waals surface area contributed by atoms with Gasteiger partial charge in [-0.25, -0.2) is 0 Å². The number of anilines is 1. The molecular formula is C12H13N5S. The minimum Gasteiger partial charge on any atom is -0.388 e. The van der Waals surface area contributed by atoms with Crippen LogP contribution >= 0.6 is 11.5 Å². The molecule has 0 aliphatic carbocycles. The summed E-state index contributed by atoms with van der Waals surface area (Å²) in [4.78, 5) is 2.09. The van der Waals surface area contributed by atoms with Crippen LogP contribution < -0.4 is 5.73 Å². The Morgan fingerprint density at radius 3 is 2.94 bits per heavy atom. The molecule has 92 valence electrons. The van der Waals surface area contributed by atoms with Crippen LogP contribution in [0.2, 0.25) is 0 Å². The van der Waals surface area contributed by atoms with E-state index in [0.717, 1.165) is 17.8 Å². The summed E-state index contributed by atoms with van der Waals surface area (Å²) in [6.07, 6.45) is 0. The maximum atomic E-state index is 8.84. The van der Waals surface area contributed by atoms with Gasteiger partial charge in [-0.05, 0) is 24.7 Å². The highest BCUT2D eigenvalue weighted by molar-refractivity contribution is 7.09. The zero-order valence-corrected chi connectivity index (χ0v) is 10.8. The van der Waals surface area contributed by atoms with E-state index in [1.807, 2.05) is 25.2 Å². The molecule has 0 atom stereocenters. The summed E-state index contributed by atoms with van der Waals surface area (Å²) in [5.74, 6) is 0. The Bertz CT molecular complexity index is 572. The Morgan fingerprint density at radius 2 is 2.28 bits per heavy atom. The SMILES string of the molecule is CN(Cc1cccc(C#N)c1)Cc1nnsc1N. The molecule has 0 unspecified atom stereocenters. The standard InChI is InChI=1S/C12H13N5S/c1-17(8-11-12(14)18-16-15-11)7-10-4-2-3-9(5-10)6-13/h2-5H,7-8,14H2,1H3. The van der Waals surface area contributed by atoms with E-state index in [-0.39, 0.29) is 0 Å². The molecule has 1 aromatic heterocycles. The van der Waals surface area contributed by atoms with Gasteiger partial charge in [0.1, 0.15) is 10.7 Å². The number of benzene rings is 1. The smallest absolute Gasteiger partial charge is 0.132 e. The van der Waals surface area contributed by atoms with Crippen LogP contribution in [-0.4, -0.2) is 21.5 Å². The van der Waals surface area contributed by atoms with Crippen LogP contribution in [0.15, 0.2) is 24.3 Å². The van der Waals surface area contributed by atoms with Gasteiger partial charge in [0.25, 0.3) is 0 Å². The number of nitrogen functional groups attached to an aromatic ring is 1. The molecule has 2 rings (SSSR count). The fourth-order valence-corrected chi connectivity index (χ4v) is 2.13. The molecular weight excluding hydrogens is 246 g/mol. The monoisotopic (exact) mass is 259 g/mol. The second-order valence-corrected chi connectivity index (χ2v) is 4.85. The van der Waals surface area contributed by atoms with Gasteiger partial charge in [0.15, 0.2) is 0 Å². The summed E-state index contributed by atoms with van der Waals surface area (Å²) in [5.41, 5.74) is 8.33. The topological polar surface area (TPSA) is 78.8 Å². The third kappa shape index (κ3) is 3.03. The first kappa shape index (κ1) is 12.5. The Hall–Kier alpha value is -1.97. The fourth-order valence-electron chi connectivity index (χ4n) is 1.69. The zero-order chi connectivity index (χ0) is 13.0. The number of aromatic nitrogens is 2. The second-order valence-electron chi connectivity index (χ2n) is 4.07. The van der Waals surface area contributed by atoms with Crippen LogP contribution in [0.1, 0.15) is 16.8 Å². The van der Waals surface area contributed by atoms with Gasteiger partial charge in [-0.2, -0.15) is 5.26 Å². The van der Waals surface area contributed by atoms with E-state index in [1.165, 1.54) is 11.5 Å². The summed E-state index contributed by atoms with van der Waals surface area (Å²) in [7, 11) is 1.98. The van der Waals surface area contributed by atoms with Crippen LogP contribution in [0.4, 0.5) is 5.00 Å². The molecule has 0 saturated heterocycles. The molecule has 5 nitrogen and oxygen atoms in total. The van der Waals surface area contributed by atoms with Crippen molar-refractivity contribution in [2.75, 3.05) is 12.8 Å². The van der Waals surface area contributed by atoms with E-state index < -0.39 is 0 Å². The number of nitriles is 1. The molecule has 1 heterocycles. The molecule has 0 aliphatic rings. The van der Waals surface area contributed by atoms with Crippen molar-refractivity contribution in [3.05, 3.63) is 41.1 Å². The van der Waals surface area contributed by atoms with E-state index >= 15 is 0 Å². The van der Waals surface area contributed by atoms with E-state index in [0.29, 0.717) is 17.1 Å². The fraction of sp³-hybridized carbons (Fsp3) is 0.250. The first-order valence-corrected chi connectivity index (χ1v) is 6.20. The quantitative estimate of drug-likeness (QED) is 0.902. The minimum absolute atomic E-state index is 0.652. The third-order valence-electron chi connectivity index (χ3n) is 2.51. The summed E-state index contributed by atoms with van der Waals surface area (Å²) in [5, 5.41) is 13.5. The first-order valence-electron chi connectivity index (χ1n) is 5.43. The van der Waals surface area contributed by atoms with Crippen LogP contribution in [0.25, 0.3) is 0 Å². The van der Waals surface area contributed by atoms with Gasteiger partial charge in [0.2, 0.25) is 0 Å². The largest absolute Gasteiger partial charge is 0.388 e. The molecule has 0 bridgehead atoms. The highest BCUT2D eigenvalue weighted by Crippen LogP contribution is 2.15. The van der Waals surface area contributed by atoms with Gasteiger partial charge in [-0.15, -0.1) is 5.10 Å². The van der Waals surface area contributed by atoms with Crippen molar-refractivity contribution in [3.8, 4) is 6.07 Å². The van der Waals surface area contributed by atoms with E-state index in [9.17, 15) is 0 Å². The molecule has 0 amide bonds. The molecule has 0 radical (unpaired) electrons. The predicted octanol–water partition coefficient (Wildman–Crippen LogP) is 1.62. The molecule has 2 aromatic rings. The van der Waals surface area contributed by atoms with Crippen molar-refractivity contribution in [1.29, 1.82) is 5.26 Å². The van der Waals surface area contributed by atoms with Crippen LogP contribution in [0.5, 0.6) is 0 Å². The lowest BCUT2D eigenvalue weighted by molar-refractivity contribution is 0.315. The van der Waals surface area contributed by atoms with Gasteiger partial charge >= 0.3 is 0 Å². The van der Waals surface area contributed by atoms with Gasteiger partial charge < -0.3 is 5.73 Å². The third-order valence-corrected chi connectivity index (χ3v) is 3.11. The van der Waals surface area contributed by atoms with Gasteiger partial charge in [0, 0.05) is 24.6 Å². The molecule has 2 N–H and O–H groups in total. The van der Waals surface area contributed by atoms with Crippen molar-refractivity contribution >= 4 is 16.5 Å². The van der Waals surface area contributed by atoms with Crippen molar-refractivity contribution in [2.24, 2.45) is 0 Å². The van der Waals surface area contributed by atoms with E-state index in [2.05, 4.69) is 20.6 Å². The highest BCUT2D eigenvalue weighted by Gasteiger charge is 2.08. The van der Waals surface area contributed by atoms with Crippen molar-refractivity contribution in [3.63, 3.8) is 0 Å². The normalized spacial score (nSPS) is 10.5. The average Bonchev–Trinajstić information content (AvgIpc) is 2.75. The summed E-state index contributed by atoms with van der Waals surface area (Å²) >= 11 is 1.21. The lowest BCUT2D eigenvalue weighted by atomic mass is 10.1. The van der Waals surface area contributed by atoms with E-state index in [1.54, 1.807) is 6.07 Å². The van der Waals surface area contributed by atoms with Gasteiger partial charge in [-0.3, -0.25) is 4.90 Å². The number of nitrogens with zero attached hydrogens (tertiary/aromatic N) is 4. The van der Waals surface area contributed by atoms with Gasteiger partial charge in [-0.1, -0.05) is 16.6 Å². The van der Waals surface area contributed by atoms with Crippen LogP contribution in [0.3, 0.4) is 0 Å². The summed E-state index contributed by atoms with van der Waals surface area (Å²) in [6, 6.07) is 9.71. The second kappa shape index (κ2) is 5.58. The van der Waals surface area contributed by atoms with Crippen molar-refractivity contribution < 1.29 is 0 Å². The molecule has 18 heavy (non-hydrogen) atoms. The molecule has 0 aliphatic heterocycles. The number of hydrogen-bond acceptors (Lipinski definition) is 6. The molecule has 6 heteroatoms. The van der Waals surface area contributed by atoms with Crippen LogP contribution in [-0.2, 0) is 13.1 Å². The Morgan fingerprint density at radius 1 is 1.44 bits per heavy atom. The Labute approximate surface area is 110 Å². The highest BCUT2D eigenvalue weighted by atomic mass is 32.1. The first-order chi connectivity index (χ1) is 8.69.